The predicted octanol–water partition coefficient (Wildman–Crippen LogP) is 5.99. The van der Waals surface area contributed by atoms with E-state index in [1.165, 1.54) is 7.11 Å². The third-order valence-corrected chi connectivity index (χ3v) is 15.4. The molecule has 0 aromatic rings. The van der Waals surface area contributed by atoms with Crippen molar-refractivity contribution in [1.82, 2.24) is 0 Å². The molecule has 0 aromatic heterocycles. The molecule has 0 aromatic carbocycles. The zero-order chi connectivity index (χ0) is 21.2. The van der Waals surface area contributed by atoms with Crippen LogP contribution in [0, 0.1) is 5.41 Å². The first-order valence-electron chi connectivity index (χ1n) is 9.70. The molecule has 26 heavy (non-hydrogen) atoms. The van der Waals surface area contributed by atoms with E-state index < -0.39 is 22.0 Å². The average Bonchev–Trinajstić information content (AvgIpc) is 2.42. The summed E-state index contributed by atoms with van der Waals surface area (Å²) in [4.78, 5) is 12.4. The number of hydrogen-bond acceptors (Lipinski definition) is 4. The Morgan fingerprint density at radius 2 is 1.27 bits per heavy atom. The van der Waals surface area contributed by atoms with Gasteiger partial charge in [-0.3, -0.25) is 4.79 Å². The second-order valence-electron chi connectivity index (χ2n) is 11.0. The number of hydrogen-bond donors (Lipinski definition) is 0. The average molecular weight is 405 g/mol. The summed E-state index contributed by atoms with van der Waals surface area (Å²) in [5.41, 5.74) is -0.707. The molecule has 4 nitrogen and oxygen atoms in total. The maximum atomic E-state index is 12.4. The van der Waals surface area contributed by atoms with Gasteiger partial charge in [0.05, 0.1) is 18.6 Å². The topological polar surface area (TPSA) is 44.8 Å². The van der Waals surface area contributed by atoms with Gasteiger partial charge in [0.2, 0.25) is 0 Å². The largest absolute Gasteiger partial charge is 0.469 e. The van der Waals surface area contributed by atoms with Crippen molar-refractivity contribution in [2.24, 2.45) is 5.41 Å². The van der Waals surface area contributed by atoms with E-state index in [1.807, 2.05) is 13.8 Å². The quantitative estimate of drug-likeness (QED) is 0.368. The minimum atomic E-state index is -2.02. The normalized spacial score (nSPS) is 15.7. The van der Waals surface area contributed by atoms with Crippen molar-refractivity contribution in [1.29, 1.82) is 0 Å². The van der Waals surface area contributed by atoms with Gasteiger partial charge in [-0.15, -0.1) is 0 Å². The molecule has 0 N–H and O–H groups in total. The molecule has 0 bridgehead atoms. The predicted molar refractivity (Wildman–Crippen MR) is 116 cm³/mol. The molecular weight excluding hydrogens is 360 g/mol. The van der Waals surface area contributed by atoms with E-state index in [4.69, 9.17) is 13.6 Å². The number of ether oxygens (including phenoxy) is 1. The molecule has 0 aliphatic carbocycles. The molecule has 0 amide bonds. The van der Waals surface area contributed by atoms with E-state index in [0.29, 0.717) is 13.0 Å². The summed E-state index contributed by atoms with van der Waals surface area (Å²) >= 11 is 0. The molecular formula is C20H44O4Si2. The summed E-state index contributed by atoms with van der Waals surface area (Å²) in [6, 6.07) is 0. The van der Waals surface area contributed by atoms with E-state index >= 15 is 0 Å². The monoisotopic (exact) mass is 404 g/mol. The van der Waals surface area contributed by atoms with Gasteiger partial charge in [-0.05, 0) is 56.5 Å². The number of methoxy groups -OCH3 is 1. The lowest BCUT2D eigenvalue weighted by Gasteiger charge is -2.44. The van der Waals surface area contributed by atoms with E-state index in [-0.39, 0.29) is 22.1 Å². The van der Waals surface area contributed by atoms with Gasteiger partial charge in [0.15, 0.2) is 16.6 Å². The van der Waals surface area contributed by atoms with Gasteiger partial charge in [-0.2, -0.15) is 0 Å². The molecule has 6 heteroatoms. The van der Waals surface area contributed by atoms with Crippen molar-refractivity contribution in [3.8, 4) is 0 Å². The highest BCUT2D eigenvalue weighted by Crippen LogP contribution is 2.41. The lowest BCUT2D eigenvalue weighted by atomic mass is 9.85. The van der Waals surface area contributed by atoms with Crippen molar-refractivity contribution in [2.75, 3.05) is 13.7 Å². The molecule has 0 aliphatic rings. The van der Waals surface area contributed by atoms with Gasteiger partial charge in [0.1, 0.15) is 0 Å². The van der Waals surface area contributed by atoms with Crippen LogP contribution in [0.2, 0.25) is 36.3 Å². The van der Waals surface area contributed by atoms with Crippen LogP contribution < -0.4 is 0 Å². The SMILES string of the molecule is COC(=O)C(C)(C)[C@H](CCO[Si](C)(C)C(C)(C)C)O[Si](C)(C)C(C)(C)C. The minimum absolute atomic E-state index is 0.0811. The van der Waals surface area contributed by atoms with Crippen molar-refractivity contribution in [2.45, 2.75) is 104 Å². The number of carbonyl (C=O) groups excluding carboxylic acids is 1. The Morgan fingerprint density at radius 3 is 1.62 bits per heavy atom. The first-order chi connectivity index (χ1) is 11.3. The van der Waals surface area contributed by atoms with E-state index in [1.54, 1.807) is 0 Å². The Morgan fingerprint density at radius 1 is 0.846 bits per heavy atom. The summed E-state index contributed by atoms with van der Waals surface area (Å²) < 4.78 is 18.1. The van der Waals surface area contributed by atoms with Crippen LogP contribution in [0.15, 0.2) is 0 Å². The van der Waals surface area contributed by atoms with Crippen LogP contribution in [0.5, 0.6) is 0 Å². The lowest BCUT2D eigenvalue weighted by Crippen LogP contribution is -2.51. The molecule has 0 aliphatic heterocycles. The maximum absolute atomic E-state index is 12.4. The highest BCUT2D eigenvalue weighted by atomic mass is 28.4. The van der Waals surface area contributed by atoms with Crippen LogP contribution in [-0.2, 0) is 18.4 Å². The van der Waals surface area contributed by atoms with Crippen LogP contribution in [-0.4, -0.2) is 42.4 Å². The zero-order valence-corrected chi connectivity index (χ0v) is 21.6. The molecule has 0 rings (SSSR count). The molecule has 0 fully saturated rings. The third kappa shape index (κ3) is 6.46. The minimum Gasteiger partial charge on any atom is -0.469 e. The number of carbonyl (C=O) groups is 1. The molecule has 0 heterocycles. The third-order valence-electron chi connectivity index (χ3n) is 6.41. The van der Waals surface area contributed by atoms with Crippen molar-refractivity contribution in [3.05, 3.63) is 0 Å². The number of esters is 1. The molecule has 0 spiro atoms. The Bertz CT molecular complexity index is 471. The first-order valence-corrected chi connectivity index (χ1v) is 15.5. The summed E-state index contributed by atoms with van der Waals surface area (Å²) in [7, 11) is -2.40. The first kappa shape index (κ1) is 25.8. The van der Waals surface area contributed by atoms with Crippen molar-refractivity contribution in [3.63, 3.8) is 0 Å². The van der Waals surface area contributed by atoms with E-state index in [9.17, 15) is 4.79 Å². The second kappa shape index (κ2) is 8.45. The zero-order valence-electron chi connectivity index (χ0n) is 19.6. The summed E-state index contributed by atoms with van der Waals surface area (Å²) in [5, 5.41) is 0.248. The molecule has 156 valence electrons. The van der Waals surface area contributed by atoms with Crippen LogP contribution >= 0.6 is 0 Å². The summed E-state index contributed by atoms with van der Waals surface area (Å²) in [5.74, 6) is -0.228. The van der Waals surface area contributed by atoms with Gasteiger partial charge in [-0.1, -0.05) is 41.5 Å². The second-order valence-corrected chi connectivity index (χ2v) is 20.5. The fourth-order valence-corrected chi connectivity index (χ4v) is 4.67. The van der Waals surface area contributed by atoms with Crippen LogP contribution in [0.4, 0.5) is 0 Å². The fourth-order valence-electron chi connectivity index (χ4n) is 2.13. The van der Waals surface area contributed by atoms with Crippen LogP contribution in [0.25, 0.3) is 0 Å². The van der Waals surface area contributed by atoms with Gasteiger partial charge in [0.25, 0.3) is 0 Å². The van der Waals surface area contributed by atoms with Crippen molar-refractivity contribution >= 4 is 22.6 Å². The standard InChI is InChI=1S/C20H44O4Si2/c1-18(2,3)25(10,11)23-15-14-16(20(7,8)17(21)22-9)24-26(12,13)19(4,5)6/h16H,14-15H2,1-13H3/t16-/m0/s1. The molecule has 1 atom stereocenters. The Balaban J connectivity index is 5.41. The smallest absolute Gasteiger partial charge is 0.313 e. The van der Waals surface area contributed by atoms with Gasteiger partial charge in [0, 0.05) is 6.61 Å². The summed E-state index contributed by atoms with van der Waals surface area (Å²) in [6.07, 6.45) is 0.474. The van der Waals surface area contributed by atoms with Gasteiger partial charge >= 0.3 is 5.97 Å². The van der Waals surface area contributed by atoms with Crippen LogP contribution in [0.1, 0.15) is 61.8 Å². The molecule has 0 radical (unpaired) electrons. The van der Waals surface area contributed by atoms with Gasteiger partial charge in [-0.25, -0.2) is 0 Å². The van der Waals surface area contributed by atoms with Gasteiger partial charge < -0.3 is 13.6 Å². The molecule has 0 saturated carbocycles. The molecule has 0 unspecified atom stereocenters. The molecule has 0 saturated heterocycles. The lowest BCUT2D eigenvalue weighted by molar-refractivity contribution is -0.157. The Labute approximate surface area is 164 Å². The van der Waals surface area contributed by atoms with E-state index in [0.717, 1.165) is 0 Å². The Hall–Kier alpha value is -0.176. The van der Waals surface area contributed by atoms with Crippen LogP contribution in [0.3, 0.4) is 0 Å². The van der Waals surface area contributed by atoms with Crippen molar-refractivity contribution < 1.29 is 18.4 Å². The summed E-state index contributed by atoms with van der Waals surface area (Å²) in [6.45, 7) is 26.8. The maximum Gasteiger partial charge on any atom is 0.313 e. The highest BCUT2D eigenvalue weighted by molar-refractivity contribution is 6.74. The highest BCUT2D eigenvalue weighted by Gasteiger charge is 2.46. The van der Waals surface area contributed by atoms with E-state index in [2.05, 4.69) is 67.7 Å². The Kier molecular flexibility index (Phi) is 8.40. The number of rotatable bonds is 8. The fraction of sp³-hybridized carbons (Fsp3) is 0.950.